The van der Waals surface area contributed by atoms with Gasteiger partial charge in [-0.2, -0.15) is 0 Å². The maximum absolute atomic E-state index is 9.77. The third-order valence-electron chi connectivity index (χ3n) is 7.21. The smallest absolute Gasteiger partial charge is 0.123 e. The van der Waals surface area contributed by atoms with Gasteiger partial charge in [-0.15, -0.1) is 0 Å². The van der Waals surface area contributed by atoms with Crippen molar-refractivity contribution in [1.29, 1.82) is 0 Å². The van der Waals surface area contributed by atoms with E-state index in [1.807, 2.05) is 12.1 Å². The van der Waals surface area contributed by atoms with Crippen LogP contribution in [0.2, 0.25) is 0 Å². The van der Waals surface area contributed by atoms with E-state index in [9.17, 15) is 5.11 Å². The second-order valence-corrected chi connectivity index (χ2v) is 9.16. The molecule has 2 aromatic rings. The fraction of sp³-hybridized carbons (Fsp3) is 0.538. The Labute approximate surface area is 180 Å². The molecule has 0 bridgehead atoms. The minimum absolute atomic E-state index is 0.299. The number of benzene rings is 2. The summed E-state index contributed by atoms with van der Waals surface area (Å²) in [5.41, 5.74) is 4.10. The molecule has 1 N–H and O–H groups in total. The summed E-state index contributed by atoms with van der Waals surface area (Å²) in [5, 5.41) is 9.77. The normalized spacial score (nSPS) is 24.4. The van der Waals surface area contributed by atoms with Crippen LogP contribution in [0.5, 0.6) is 11.5 Å². The Kier molecular flexibility index (Phi) is 5.96. The number of hydrogen-bond donors (Lipinski definition) is 1. The first-order valence-electron chi connectivity index (χ1n) is 11.8. The lowest BCUT2D eigenvalue weighted by Crippen LogP contribution is -2.35. The lowest BCUT2D eigenvalue weighted by Gasteiger charge is -2.38. The molecule has 3 aliphatic heterocycles. The summed E-state index contributed by atoms with van der Waals surface area (Å²) in [5.74, 6) is 1.69. The molecule has 0 spiro atoms. The van der Waals surface area contributed by atoms with Crippen molar-refractivity contribution in [3.8, 4) is 11.5 Å². The van der Waals surface area contributed by atoms with Crippen molar-refractivity contribution >= 4 is 0 Å². The topological polar surface area (TPSA) is 35.9 Å². The van der Waals surface area contributed by atoms with E-state index in [0.29, 0.717) is 17.7 Å². The summed E-state index contributed by atoms with van der Waals surface area (Å²) < 4.78 is 6.42. The zero-order chi connectivity index (χ0) is 20.3. The van der Waals surface area contributed by atoms with Gasteiger partial charge in [0.25, 0.3) is 0 Å². The average molecular weight is 407 g/mol. The van der Waals surface area contributed by atoms with Crippen molar-refractivity contribution in [2.75, 3.05) is 39.3 Å². The number of phenolic OH excluding ortho intramolecular Hbond substituents is 1. The van der Waals surface area contributed by atoms with Crippen molar-refractivity contribution in [2.24, 2.45) is 0 Å². The van der Waals surface area contributed by atoms with E-state index >= 15 is 0 Å². The van der Waals surface area contributed by atoms with Gasteiger partial charge in [0.15, 0.2) is 0 Å². The largest absolute Gasteiger partial charge is 0.508 e. The second-order valence-electron chi connectivity index (χ2n) is 9.16. The summed E-state index contributed by atoms with van der Waals surface area (Å²) in [6.07, 6.45) is 7.68. The predicted molar refractivity (Wildman–Crippen MR) is 120 cm³/mol. The van der Waals surface area contributed by atoms with E-state index in [1.165, 1.54) is 68.4 Å². The number of nitrogens with zero attached hydrogens (tertiary/aromatic N) is 2. The molecule has 5 rings (SSSR count). The lowest BCUT2D eigenvalue weighted by molar-refractivity contribution is 0.200. The Morgan fingerprint density at radius 2 is 1.77 bits per heavy atom. The number of rotatable bonds is 6. The van der Waals surface area contributed by atoms with Crippen molar-refractivity contribution < 1.29 is 9.84 Å². The maximum atomic E-state index is 9.77. The molecule has 3 aliphatic rings. The van der Waals surface area contributed by atoms with Gasteiger partial charge in [0, 0.05) is 30.6 Å². The Bertz CT molecular complexity index is 845. The molecule has 2 fully saturated rings. The van der Waals surface area contributed by atoms with Crippen LogP contribution in [0.4, 0.5) is 0 Å². The first kappa shape index (κ1) is 19.9. The van der Waals surface area contributed by atoms with E-state index in [4.69, 9.17) is 4.74 Å². The van der Waals surface area contributed by atoms with E-state index in [0.717, 1.165) is 31.9 Å². The van der Waals surface area contributed by atoms with Gasteiger partial charge in [0.05, 0.1) is 6.61 Å². The Morgan fingerprint density at radius 3 is 2.60 bits per heavy atom. The highest BCUT2D eigenvalue weighted by molar-refractivity contribution is 5.51. The summed E-state index contributed by atoms with van der Waals surface area (Å²) in [6, 6.07) is 15.0. The molecule has 0 unspecified atom stereocenters. The number of ether oxygens (including phenoxy) is 1. The zero-order valence-corrected chi connectivity index (χ0v) is 17.9. The van der Waals surface area contributed by atoms with Crippen LogP contribution in [0.3, 0.4) is 0 Å². The lowest BCUT2D eigenvalue weighted by atomic mass is 9.81. The molecule has 2 aromatic carbocycles. The molecular formula is C26H34N2O2. The summed E-state index contributed by atoms with van der Waals surface area (Å²) in [4.78, 5) is 5.23. The van der Waals surface area contributed by atoms with Crippen LogP contribution in [0, 0.1) is 0 Å². The van der Waals surface area contributed by atoms with Crippen molar-refractivity contribution in [3.05, 3.63) is 59.2 Å². The Hall–Kier alpha value is -2.04. The SMILES string of the molecule is Oc1ccc([C@@H]2CN3CCC[C@@H]3c3cccc(OCCCN4CCCCC4)c32)cc1. The molecule has 2 saturated heterocycles. The third kappa shape index (κ3) is 4.08. The quantitative estimate of drug-likeness (QED) is 0.690. The molecule has 0 aliphatic carbocycles. The van der Waals surface area contributed by atoms with Crippen molar-refractivity contribution in [2.45, 2.75) is 50.5 Å². The number of piperidine rings is 1. The fourth-order valence-corrected chi connectivity index (χ4v) is 5.70. The van der Waals surface area contributed by atoms with Crippen LogP contribution < -0.4 is 4.74 Å². The Morgan fingerprint density at radius 1 is 0.933 bits per heavy atom. The summed E-state index contributed by atoms with van der Waals surface area (Å²) in [6.45, 7) is 6.65. The van der Waals surface area contributed by atoms with Gasteiger partial charge in [-0.3, -0.25) is 4.90 Å². The third-order valence-corrected chi connectivity index (χ3v) is 7.21. The van der Waals surface area contributed by atoms with Gasteiger partial charge in [-0.05, 0) is 81.1 Å². The second kappa shape index (κ2) is 8.99. The molecule has 0 radical (unpaired) electrons. The highest BCUT2D eigenvalue weighted by atomic mass is 16.5. The van der Waals surface area contributed by atoms with Crippen LogP contribution in [0.15, 0.2) is 42.5 Å². The monoisotopic (exact) mass is 406 g/mol. The predicted octanol–water partition coefficient (Wildman–Crippen LogP) is 4.93. The Balaban J connectivity index is 1.36. The van der Waals surface area contributed by atoms with E-state index < -0.39 is 0 Å². The summed E-state index contributed by atoms with van der Waals surface area (Å²) in [7, 11) is 0. The van der Waals surface area contributed by atoms with E-state index in [-0.39, 0.29) is 0 Å². The number of phenols is 1. The minimum atomic E-state index is 0.299. The van der Waals surface area contributed by atoms with Gasteiger partial charge in [-0.25, -0.2) is 0 Å². The van der Waals surface area contributed by atoms with E-state index in [2.05, 4.69) is 40.1 Å². The van der Waals surface area contributed by atoms with Crippen LogP contribution in [-0.2, 0) is 0 Å². The molecular weight excluding hydrogens is 372 g/mol. The molecule has 0 amide bonds. The number of hydrogen-bond acceptors (Lipinski definition) is 4. The number of likely N-dealkylation sites (tertiary alicyclic amines) is 1. The number of aromatic hydroxyl groups is 1. The molecule has 0 aromatic heterocycles. The van der Waals surface area contributed by atoms with Gasteiger partial charge in [-0.1, -0.05) is 30.7 Å². The highest BCUT2D eigenvalue weighted by Gasteiger charge is 2.38. The molecule has 2 atom stereocenters. The minimum Gasteiger partial charge on any atom is -0.508 e. The first-order valence-corrected chi connectivity index (χ1v) is 11.8. The maximum Gasteiger partial charge on any atom is 0.123 e. The first-order chi connectivity index (χ1) is 14.8. The fourth-order valence-electron chi connectivity index (χ4n) is 5.70. The molecule has 0 saturated carbocycles. The zero-order valence-electron chi connectivity index (χ0n) is 17.9. The molecule has 160 valence electrons. The van der Waals surface area contributed by atoms with Crippen LogP contribution in [0.1, 0.15) is 67.2 Å². The van der Waals surface area contributed by atoms with Crippen LogP contribution in [0.25, 0.3) is 0 Å². The van der Waals surface area contributed by atoms with Gasteiger partial charge < -0.3 is 14.7 Å². The molecule has 3 heterocycles. The van der Waals surface area contributed by atoms with Gasteiger partial charge in [0.2, 0.25) is 0 Å². The number of fused-ring (bicyclic) bond motifs is 3. The summed E-state index contributed by atoms with van der Waals surface area (Å²) >= 11 is 0. The molecule has 30 heavy (non-hydrogen) atoms. The standard InChI is InChI=1S/C26H34N2O2/c29-21-12-10-20(11-13-21)23-19-28-17-5-8-24(28)22-7-4-9-25(26(22)23)30-18-6-16-27-14-2-1-3-15-27/h4,7,9-13,23-24,29H,1-3,5-6,8,14-19H2/t23-,24+/m0/s1. The van der Waals surface area contributed by atoms with Crippen LogP contribution >= 0.6 is 0 Å². The van der Waals surface area contributed by atoms with Crippen molar-refractivity contribution in [1.82, 2.24) is 9.80 Å². The van der Waals surface area contributed by atoms with Crippen molar-refractivity contribution in [3.63, 3.8) is 0 Å². The molecule has 4 heteroatoms. The van der Waals surface area contributed by atoms with Gasteiger partial charge in [0.1, 0.15) is 11.5 Å². The van der Waals surface area contributed by atoms with E-state index in [1.54, 1.807) is 0 Å². The van der Waals surface area contributed by atoms with Gasteiger partial charge >= 0.3 is 0 Å². The average Bonchev–Trinajstić information content (AvgIpc) is 3.26. The van der Waals surface area contributed by atoms with Crippen LogP contribution in [-0.4, -0.2) is 54.2 Å². The molecule has 4 nitrogen and oxygen atoms in total. The highest BCUT2D eigenvalue weighted by Crippen LogP contribution is 2.47.